The third-order valence-corrected chi connectivity index (χ3v) is 5.84. The number of hydroxylamine groups is 3. The highest BCUT2D eigenvalue weighted by molar-refractivity contribution is 5.37. The molecule has 140 valence electrons. The summed E-state index contributed by atoms with van der Waals surface area (Å²) in [5.74, 6) is 0.452. The highest BCUT2D eigenvalue weighted by Crippen LogP contribution is 2.36. The average Bonchev–Trinajstić information content (AvgIpc) is 3.04. The molecule has 0 amide bonds. The van der Waals surface area contributed by atoms with Crippen molar-refractivity contribution in [3.63, 3.8) is 0 Å². The van der Waals surface area contributed by atoms with Crippen LogP contribution in [0.4, 0.5) is 0 Å². The maximum absolute atomic E-state index is 13.2. The monoisotopic (exact) mass is 355 g/mol. The smallest absolute Gasteiger partial charge is 0.105 e. The first-order chi connectivity index (χ1) is 12.5. The number of benzene rings is 1. The van der Waals surface area contributed by atoms with Crippen LogP contribution < -0.4 is 0 Å². The Morgan fingerprint density at radius 3 is 2.65 bits per heavy atom. The summed E-state index contributed by atoms with van der Waals surface area (Å²) in [4.78, 5) is 0. The molecule has 1 fully saturated rings. The van der Waals surface area contributed by atoms with Gasteiger partial charge in [0.05, 0.1) is 18.4 Å². The average molecular weight is 355 g/mol. The van der Waals surface area contributed by atoms with Gasteiger partial charge in [0.25, 0.3) is 0 Å². The molecule has 0 radical (unpaired) electrons. The van der Waals surface area contributed by atoms with E-state index in [-0.39, 0.29) is 16.9 Å². The minimum Gasteiger partial charge on any atom is -0.633 e. The van der Waals surface area contributed by atoms with E-state index in [1.165, 1.54) is 17.7 Å². The Morgan fingerprint density at radius 2 is 1.92 bits per heavy atom. The molecule has 1 aliphatic heterocycles. The third-order valence-electron chi connectivity index (χ3n) is 5.84. The number of ether oxygens (including phenoxy) is 1. The van der Waals surface area contributed by atoms with Gasteiger partial charge in [0.15, 0.2) is 0 Å². The number of nitrogens with zero attached hydrogens (tertiary/aromatic N) is 3. The summed E-state index contributed by atoms with van der Waals surface area (Å²) in [6.07, 6.45) is 6.49. The molecule has 2 aliphatic rings. The molecule has 2 aromatic rings. The molecule has 2 unspecified atom stereocenters. The fourth-order valence-electron chi connectivity index (χ4n) is 4.81. The molecule has 5 heteroatoms. The lowest BCUT2D eigenvalue weighted by molar-refractivity contribution is -0.896. The van der Waals surface area contributed by atoms with E-state index >= 15 is 0 Å². The zero-order valence-corrected chi connectivity index (χ0v) is 15.8. The standard InChI is InChI=1S/C21H29N3O2/c1-16-14-24(25,15-17(2)26-16)12-11-18-7-6-10-21-20(18)13-22-23(21)19-8-4-3-5-9-19/h3-5,8-9,13,16-18H,6-7,10-12,14-15H2,1-2H3/t16-,17+,18?,24?. The topological polar surface area (TPSA) is 50.1 Å². The van der Waals surface area contributed by atoms with Crippen LogP contribution in [0, 0.1) is 5.21 Å². The fraction of sp³-hybridized carbons (Fsp3) is 0.571. The maximum atomic E-state index is 13.2. The second-order valence-corrected chi connectivity index (χ2v) is 8.08. The van der Waals surface area contributed by atoms with Gasteiger partial charge in [-0.3, -0.25) is 0 Å². The van der Waals surface area contributed by atoms with Crippen LogP contribution in [0.5, 0.6) is 0 Å². The molecule has 0 bridgehead atoms. The third kappa shape index (κ3) is 3.56. The Balaban J connectivity index is 1.50. The number of hydrogen-bond acceptors (Lipinski definition) is 3. The lowest BCUT2D eigenvalue weighted by Crippen LogP contribution is -2.56. The largest absolute Gasteiger partial charge is 0.633 e. The van der Waals surface area contributed by atoms with Gasteiger partial charge in [-0.05, 0) is 56.7 Å². The van der Waals surface area contributed by atoms with E-state index in [9.17, 15) is 5.21 Å². The molecule has 4 rings (SSSR count). The van der Waals surface area contributed by atoms with Gasteiger partial charge in [0.1, 0.15) is 25.3 Å². The molecule has 1 aliphatic carbocycles. The van der Waals surface area contributed by atoms with Crippen LogP contribution in [0.15, 0.2) is 36.5 Å². The molecule has 2 heterocycles. The number of rotatable bonds is 4. The summed E-state index contributed by atoms with van der Waals surface area (Å²) >= 11 is 0. The first-order valence-electron chi connectivity index (χ1n) is 9.89. The maximum Gasteiger partial charge on any atom is 0.105 e. The van der Waals surface area contributed by atoms with Crippen LogP contribution in [0.2, 0.25) is 0 Å². The second kappa shape index (κ2) is 7.14. The van der Waals surface area contributed by atoms with Crippen molar-refractivity contribution in [1.82, 2.24) is 9.78 Å². The molecule has 26 heavy (non-hydrogen) atoms. The van der Waals surface area contributed by atoms with E-state index < -0.39 is 0 Å². The van der Waals surface area contributed by atoms with Crippen molar-refractivity contribution < 1.29 is 9.38 Å². The zero-order valence-electron chi connectivity index (χ0n) is 15.8. The summed E-state index contributed by atoms with van der Waals surface area (Å²) in [5.41, 5.74) is 3.80. The number of fused-ring (bicyclic) bond motifs is 1. The van der Waals surface area contributed by atoms with E-state index in [2.05, 4.69) is 34.0 Å². The summed E-state index contributed by atoms with van der Waals surface area (Å²) in [5, 5.41) is 17.8. The van der Waals surface area contributed by atoms with Crippen molar-refractivity contribution in [1.29, 1.82) is 0 Å². The lowest BCUT2D eigenvalue weighted by atomic mass is 9.84. The molecule has 1 aromatic heterocycles. The van der Waals surface area contributed by atoms with E-state index in [1.807, 2.05) is 26.1 Å². The van der Waals surface area contributed by atoms with Crippen LogP contribution in [0.25, 0.3) is 5.69 Å². The van der Waals surface area contributed by atoms with Gasteiger partial charge in [-0.2, -0.15) is 5.10 Å². The van der Waals surface area contributed by atoms with Crippen molar-refractivity contribution >= 4 is 0 Å². The van der Waals surface area contributed by atoms with Crippen molar-refractivity contribution in [3.05, 3.63) is 53.0 Å². The van der Waals surface area contributed by atoms with E-state index in [4.69, 9.17) is 4.74 Å². The van der Waals surface area contributed by atoms with Gasteiger partial charge < -0.3 is 14.6 Å². The predicted octanol–water partition coefficient (Wildman–Crippen LogP) is 3.80. The van der Waals surface area contributed by atoms with Gasteiger partial charge in [0, 0.05) is 12.1 Å². The Bertz CT molecular complexity index is 733. The van der Waals surface area contributed by atoms with Crippen molar-refractivity contribution in [2.45, 2.75) is 57.7 Å². The molecule has 5 nitrogen and oxygen atoms in total. The van der Waals surface area contributed by atoms with E-state index in [0.29, 0.717) is 25.6 Å². The van der Waals surface area contributed by atoms with Gasteiger partial charge in [0.2, 0.25) is 0 Å². The summed E-state index contributed by atoms with van der Waals surface area (Å²) in [6.45, 7) is 5.87. The number of morpholine rings is 1. The van der Waals surface area contributed by atoms with Crippen LogP contribution >= 0.6 is 0 Å². The highest BCUT2D eigenvalue weighted by Gasteiger charge is 2.33. The molecule has 0 N–H and O–H groups in total. The summed E-state index contributed by atoms with van der Waals surface area (Å²) in [7, 11) is 0. The summed E-state index contributed by atoms with van der Waals surface area (Å²) in [6, 6.07) is 10.3. The molecule has 4 atom stereocenters. The molecule has 1 saturated heterocycles. The Kier molecular flexibility index (Phi) is 4.86. The molecular formula is C21H29N3O2. The number of aromatic nitrogens is 2. The minimum atomic E-state index is -0.110. The molecule has 0 spiro atoms. The Labute approximate surface area is 155 Å². The van der Waals surface area contributed by atoms with Crippen molar-refractivity contribution in [2.24, 2.45) is 0 Å². The van der Waals surface area contributed by atoms with Gasteiger partial charge >= 0.3 is 0 Å². The molecule has 0 saturated carbocycles. The zero-order chi connectivity index (χ0) is 18.1. The number of quaternary nitrogens is 1. The van der Waals surface area contributed by atoms with Gasteiger partial charge in [-0.15, -0.1) is 0 Å². The number of hydrogen-bond donors (Lipinski definition) is 0. The molecular weight excluding hydrogens is 326 g/mol. The number of para-hydroxylation sites is 1. The minimum absolute atomic E-state index is 0.0546. The van der Waals surface area contributed by atoms with Crippen molar-refractivity contribution in [3.8, 4) is 5.69 Å². The van der Waals surface area contributed by atoms with E-state index in [1.54, 1.807) is 0 Å². The van der Waals surface area contributed by atoms with Gasteiger partial charge in [-0.25, -0.2) is 4.68 Å². The molecule has 1 aromatic carbocycles. The quantitative estimate of drug-likeness (QED) is 0.619. The SMILES string of the molecule is C[C@@H]1C[N+]([O-])(CCC2CCCc3c2cnn3-c2ccccc2)C[C@H](C)O1. The predicted molar refractivity (Wildman–Crippen MR) is 102 cm³/mol. The van der Waals surface area contributed by atoms with Crippen LogP contribution in [-0.2, 0) is 11.2 Å². The van der Waals surface area contributed by atoms with Crippen LogP contribution in [-0.4, -0.2) is 46.3 Å². The van der Waals surface area contributed by atoms with Crippen LogP contribution in [0.1, 0.15) is 50.3 Å². The van der Waals surface area contributed by atoms with Crippen molar-refractivity contribution in [2.75, 3.05) is 19.6 Å². The fourth-order valence-corrected chi connectivity index (χ4v) is 4.81. The second-order valence-electron chi connectivity index (χ2n) is 8.08. The van der Waals surface area contributed by atoms with Crippen LogP contribution in [0.3, 0.4) is 0 Å². The first-order valence-corrected chi connectivity index (χ1v) is 9.89. The normalized spacial score (nSPS) is 31.6. The highest BCUT2D eigenvalue weighted by atomic mass is 16.6. The first kappa shape index (κ1) is 17.7. The Morgan fingerprint density at radius 1 is 1.19 bits per heavy atom. The van der Waals surface area contributed by atoms with E-state index in [0.717, 1.165) is 24.9 Å². The van der Waals surface area contributed by atoms with Gasteiger partial charge in [-0.1, -0.05) is 18.2 Å². The summed E-state index contributed by atoms with van der Waals surface area (Å²) < 4.78 is 7.73. The lowest BCUT2D eigenvalue weighted by Gasteiger charge is -2.50. The Hall–Kier alpha value is -1.69.